The SMILES string of the molecule is Cc1ccc(C=Nc2nncn2N=Cc2ccc(C)cc2)cc1. The van der Waals surface area contributed by atoms with Crippen LogP contribution >= 0.6 is 0 Å². The Morgan fingerprint density at radius 2 is 1.39 bits per heavy atom. The van der Waals surface area contributed by atoms with Crippen LogP contribution in [0, 0.1) is 13.8 Å². The lowest BCUT2D eigenvalue weighted by Gasteiger charge is -1.97. The molecule has 0 N–H and O–H groups in total. The lowest BCUT2D eigenvalue weighted by molar-refractivity contribution is 0.879. The first-order chi connectivity index (χ1) is 11.2. The fourth-order valence-corrected chi connectivity index (χ4v) is 1.96. The first kappa shape index (κ1) is 14.8. The van der Waals surface area contributed by atoms with Crippen LogP contribution in [0.5, 0.6) is 0 Å². The maximum Gasteiger partial charge on any atom is 0.271 e. The van der Waals surface area contributed by atoms with E-state index in [9.17, 15) is 0 Å². The van der Waals surface area contributed by atoms with Gasteiger partial charge in [0.1, 0.15) is 6.33 Å². The second kappa shape index (κ2) is 6.79. The molecule has 0 spiro atoms. The molecule has 0 radical (unpaired) electrons. The second-order valence-electron chi connectivity index (χ2n) is 5.30. The predicted octanol–water partition coefficient (Wildman–Crippen LogP) is 3.53. The van der Waals surface area contributed by atoms with Crippen molar-refractivity contribution in [1.82, 2.24) is 14.9 Å². The molecule has 0 saturated heterocycles. The summed E-state index contributed by atoms with van der Waals surface area (Å²) in [7, 11) is 0. The first-order valence-electron chi connectivity index (χ1n) is 7.32. The Balaban J connectivity index is 1.76. The summed E-state index contributed by atoms with van der Waals surface area (Å²) >= 11 is 0. The van der Waals surface area contributed by atoms with E-state index in [0.717, 1.165) is 11.1 Å². The van der Waals surface area contributed by atoms with E-state index in [1.54, 1.807) is 17.1 Å². The molecule has 1 aromatic heterocycles. The van der Waals surface area contributed by atoms with Crippen molar-refractivity contribution in [2.45, 2.75) is 13.8 Å². The Labute approximate surface area is 135 Å². The zero-order chi connectivity index (χ0) is 16.1. The molecule has 1 heterocycles. The summed E-state index contributed by atoms with van der Waals surface area (Å²) in [6, 6.07) is 16.2. The van der Waals surface area contributed by atoms with E-state index >= 15 is 0 Å². The quantitative estimate of drug-likeness (QED) is 0.692. The zero-order valence-corrected chi connectivity index (χ0v) is 13.1. The van der Waals surface area contributed by atoms with Crippen molar-refractivity contribution in [3.8, 4) is 0 Å². The van der Waals surface area contributed by atoms with Gasteiger partial charge in [-0.25, -0.2) is 4.99 Å². The first-order valence-corrected chi connectivity index (χ1v) is 7.32. The number of hydrogen-bond acceptors (Lipinski definition) is 4. The van der Waals surface area contributed by atoms with E-state index in [-0.39, 0.29) is 0 Å². The molecule has 5 nitrogen and oxygen atoms in total. The molecule has 0 unspecified atom stereocenters. The second-order valence-corrected chi connectivity index (χ2v) is 5.30. The average Bonchev–Trinajstić information content (AvgIpc) is 3.01. The lowest BCUT2D eigenvalue weighted by atomic mass is 10.2. The Morgan fingerprint density at radius 3 is 2.00 bits per heavy atom. The van der Waals surface area contributed by atoms with E-state index in [0.29, 0.717) is 5.95 Å². The molecule has 3 rings (SSSR count). The van der Waals surface area contributed by atoms with E-state index in [1.807, 2.05) is 48.5 Å². The van der Waals surface area contributed by atoms with Crippen LogP contribution in [0.1, 0.15) is 22.3 Å². The van der Waals surface area contributed by atoms with Crippen molar-refractivity contribution in [1.29, 1.82) is 0 Å². The molecule has 0 saturated carbocycles. The molecule has 2 aromatic carbocycles. The maximum absolute atomic E-state index is 4.35. The van der Waals surface area contributed by atoms with Gasteiger partial charge in [-0.15, -0.1) is 10.2 Å². The van der Waals surface area contributed by atoms with Gasteiger partial charge in [0.2, 0.25) is 0 Å². The highest BCUT2D eigenvalue weighted by Gasteiger charge is 1.99. The van der Waals surface area contributed by atoms with Crippen molar-refractivity contribution in [2.75, 3.05) is 0 Å². The Kier molecular flexibility index (Phi) is 4.38. The molecule has 0 aliphatic carbocycles. The van der Waals surface area contributed by atoms with Crippen LogP contribution in [0.2, 0.25) is 0 Å². The number of rotatable bonds is 4. The number of aromatic nitrogens is 3. The van der Waals surface area contributed by atoms with E-state index < -0.39 is 0 Å². The number of benzene rings is 2. The van der Waals surface area contributed by atoms with Gasteiger partial charge in [0, 0.05) is 6.21 Å². The fourth-order valence-electron chi connectivity index (χ4n) is 1.96. The van der Waals surface area contributed by atoms with Gasteiger partial charge in [0.05, 0.1) is 6.21 Å². The summed E-state index contributed by atoms with van der Waals surface area (Å²) in [4.78, 5) is 4.34. The lowest BCUT2D eigenvalue weighted by Crippen LogP contribution is -1.90. The summed E-state index contributed by atoms with van der Waals surface area (Å²) in [5.74, 6) is 0.439. The molecule has 0 amide bonds. The minimum Gasteiger partial charge on any atom is -0.218 e. The number of nitrogens with zero attached hydrogens (tertiary/aromatic N) is 5. The monoisotopic (exact) mass is 303 g/mol. The van der Waals surface area contributed by atoms with Crippen molar-refractivity contribution in [2.24, 2.45) is 10.1 Å². The van der Waals surface area contributed by atoms with Crippen LogP contribution in [-0.4, -0.2) is 27.3 Å². The van der Waals surface area contributed by atoms with E-state index in [1.165, 1.54) is 17.5 Å². The third kappa shape index (κ3) is 3.97. The van der Waals surface area contributed by atoms with E-state index in [2.05, 4.69) is 34.1 Å². The summed E-state index contributed by atoms with van der Waals surface area (Å²) in [6.07, 6.45) is 5.04. The van der Waals surface area contributed by atoms with Crippen LogP contribution in [-0.2, 0) is 0 Å². The minimum atomic E-state index is 0.439. The Hall–Kier alpha value is -3.08. The molecule has 0 aliphatic rings. The van der Waals surface area contributed by atoms with Crippen molar-refractivity contribution >= 4 is 18.4 Å². The molecule has 114 valence electrons. The van der Waals surface area contributed by atoms with Crippen LogP contribution in [0.15, 0.2) is 65.0 Å². The van der Waals surface area contributed by atoms with Gasteiger partial charge in [-0.1, -0.05) is 59.7 Å². The minimum absolute atomic E-state index is 0.439. The van der Waals surface area contributed by atoms with Crippen molar-refractivity contribution < 1.29 is 0 Å². The summed E-state index contributed by atoms with van der Waals surface area (Å²) < 4.78 is 1.55. The van der Waals surface area contributed by atoms with Gasteiger partial charge in [0.15, 0.2) is 0 Å². The summed E-state index contributed by atoms with van der Waals surface area (Å²) in [5.41, 5.74) is 4.45. The molecule has 0 fully saturated rings. The van der Waals surface area contributed by atoms with Crippen molar-refractivity contribution in [3.05, 3.63) is 77.1 Å². The van der Waals surface area contributed by atoms with Gasteiger partial charge >= 0.3 is 0 Å². The zero-order valence-electron chi connectivity index (χ0n) is 13.1. The highest BCUT2D eigenvalue weighted by molar-refractivity contribution is 5.81. The Morgan fingerprint density at radius 1 is 0.826 bits per heavy atom. The maximum atomic E-state index is 4.35. The van der Waals surface area contributed by atoms with Gasteiger partial charge in [0.25, 0.3) is 5.95 Å². The van der Waals surface area contributed by atoms with Crippen LogP contribution in [0.25, 0.3) is 0 Å². The molecule has 0 aliphatic heterocycles. The van der Waals surface area contributed by atoms with Crippen LogP contribution in [0.3, 0.4) is 0 Å². The molecular weight excluding hydrogens is 286 g/mol. The van der Waals surface area contributed by atoms with Gasteiger partial charge < -0.3 is 0 Å². The predicted molar refractivity (Wildman–Crippen MR) is 92.6 cm³/mol. The number of hydrogen-bond donors (Lipinski definition) is 0. The van der Waals surface area contributed by atoms with Gasteiger partial charge in [-0.05, 0) is 25.0 Å². The van der Waals surface area contributed by atoms with Crippen LogP contribution in [0.4, 0.5) is 5.95 Å². The summed E-state index contributed by atoms with van der Waals surface area (Å²) in [5, 5.41) is 12.2. The standard InChI is InChI=1S/C18H17N5/c1-14-3-7-16(8-4-14)11-19-18-22-20-13-23(18)21-12-17-9-5-15(2)6-10-17/h3-13H,1-2H3. The molecule has 5 heteroatoms. The van der Waals surface area contributed by atoms with Crippen LogP contribution < -0.4 is 0 Å². The van der Waals surface area contributed by atoms with Gasteiger partial charge in [-0.2, -0.15) is 9.78 Å². The molecular formula is C18H17N5. The molecule has 0 bridgehead atoms. The molecule has 0 atom stereocenters. The Bertz CT molecular complexity index is 757. The highest BCUT2D eigenvalue weighted by atomic mass is 15.5. The smallest absolute Gasteiger partial charge is 0.218 e. The molecule has 23 heavy (non-hydrogen) atoms. The molecule has 3 aromatic rings. The largest absolute Gasteiger partial charge is 0.271 e. The highest BCUT2D eigenvalue weighted by Crippen LogP contribution is 2.08. The van der Waals surface area contributed by atoms with Gasteiger partial charge in [-0.3, -0.25) is 0 Å². The third-order valence-electron chi connectivity index (χ3n) is 3.33. The fraction of sp³-hybridized carbons (Fsp3) is 0.111. The third-order valence-corrected chi connectivity index (χ3v) is 3.33. The van der Waals surface area contributed by atoms with E-state index in [4.69, 9.17) is 0 Å². The normalized spacial score (nSPS) is 11.6. The number of aryl methyl sites for hydroxylation is 2. The number of aliphatic imine (C=N–C) groups is 1. The van der Waals surface area contributed by atoms with Crippen molar-refractivity contribution in [3.63, 3.8) is 0 Å². The topological polar surface area (TPSA) is 55.4 Å². The summed E-state index contributed by atoms with van der Waals surface area (Å²) in [6.45, 7) is 4.11. The average molecular weight is 303 g/mol.